The third-order valence-corrected chi connectivity index (χ3v) is 12.3. The van der Waals surface area contributed by atoms with Crippen LogP contribution >= 0.6 is 12.2 Å². The number of aromatic nitrogens is 3. The van der Waals surface area contributed by atoms with E-state index in [1.165, 1.54) is 57.8 Å². The largest absolute Gasteiger partial charge is 0.466 e. The van der Waals surface area contributed by atoms with Gasteiger partial charge < -0.3 is 4.74 Å². The van der Waals surface area contributed by atoms with E-state index in [1.54, 1.807) is 10.3 Å². The van der Waals surface area contributed by atoms with Crippen molar-refractivity contribution < 1.29 is 4.74 Å². The summed E-state index contributed by atoms with van der Waals surface area (Å²) in [5, 5.41) is 8.96. The van der Waals surface area contributed by atoms with Gasteiger partial charge in [0, 0.05) is 6.42 Å². The number of fused-ring (bicyclic) bond motifs is 6. The molecule has 4 aliphatic rings. The van der Waals surface area contributed by atoms with Crippen molar-refractivity contribution in [1.82, 2.24) is 15.0 Å². The van der Waals surface area contributed by atoms with Crippen molar-refractivity contribution in [2.75, 3.05) is 0 Å². The van der Waals surface area contributed by atoms with Gasteiger partial charge in [0.25, 0.3) is 5.17 Å². The molecule has 0 amide bonds. The fraction of sp³-hybridized carbons (Fsp3) is 0.735. The molecule has 4 aliphatic carbocycles. The number of nitrogens with zero attached hydrogens (tertiary/aromatic N) is 3. The summed E-state index contributed by atoms with van der Waals surface area (Å²) in [6.45, 7) is 12.6. The van der Waals surface area contributed by atoms with Crippen molar-refractivity contribution in [3.8, 4) is 0 Å². The molecule has 0 N–H and O–H groups in total. The van der Waals surface area contributed by atoms with Gasteiger partial charge in [0.15, 0.2) is 0 Å². The first-order valence-corrected chi connectivity index (χ1v) is 16.3. The summed E-state index contributed by atoms with van der Waals surface area (Å²) < 4.78 is 8.08. The zero-order valence-corrected chi connectivity index (χ0v) is 25.7. The molecule has 0 radical (unpaired) electrons. The molecule has 212 valence electrons. The van der Waals surface area contributed by atoms with Crippen LogP contribution in [-0.4, -0.2) is 26.3 Å². The predicted octanol–water partition coefficient (Wildman–Crippen LogP) is 8.99. The Kier molecular flexibility index (Phi) is 7.44. The van der Waals surface area contributed by atoms with Gasteiger partial charge >= 0.3 is 0 Å². The van der Waals surface area contributed by atoms with Crippen LogP contribution in [0, 0.1) is 46.3 Å². The highest BCUT2D eigenvalue weighted by Gasteiger charge is 2.59. The molecule has 0 spiro atoms. The van der Waals surface area contributed by atoms with E-state index in [1.807, 2.05) is 24.3 Å². The summed E-state index contributed by atoms with van der Waals surface area (Å²) in [7, 11) is 0. The second-order valence-electron chi connectivity index (χ2n) is 14.5. The molecule has 3 saturated carbocycles. The van der Waals surface area contributed by atoms with Crippen molar-refractivity contribution in [2.24, 2.45) is 46.3 Å². The summed E-state index contributed by atoms with van der Waals surface area (Å²) >= 11 is 5.70. The first-order valence-electron chi connectivity index (χ1n) is 15.9. The molecule has 0 saturated heterocycles. The minimum Gasteiger partial charge on any atom is -0.466 e. The van der Waals surface area contributed by atoms with Crippen LogP contribution in [0.5, 0.6) is 0 Å². The lowest BCUT2D eigenvalue weighted by atomic mass is 9.47. The summed E-state index contributed by atoms with van der Waals surface area (Å²) in [6.07, 6.45) is 17.3. The summed E-state index contributed by atoms with van der Waals surface area (Å²) in [5.41, 5.74) is 4.28. The summed E-state index contributed by atoms with van der Waals surface area (Å²) in [4.78, 5) is 0. The zero-order valence-electron chi connectivity index (χ0n) is 24.9. The average molecular weight is 548 g/mol. The monoisotopic (exact) mass is 547 g/mol. The number of hydrogen-bond acceptors (Lipinski definition) is 4. The number of hydrogen-bond donors (Lipinski definition) is 0. The second-order valence-corrected chi connectivity index (χ2v) is 14.9. The van der Waals surface area contributed by atoms with Crippen molar-refractivity contribution in [1.29, 1.82) is 0 Å². The van der Waals surface area contributed by atoms with Crippen LogP contribution in [0.1, 0.15) is 105 Å². The molecule has 8 atom stereocenters. The van der Waals surface area contributed by atoms with Gasteiger partial charge in [-0.2, -0.15) is 4.68 Å². The third-order valence-electron chi connectivity index (χ3n) is 12.1. The van der Waals surface area contributed by atoms with Crippen LogP contribution in [0.3, 0.4) is 0 Å². The lowest BCUT2D eigenvalue weighted by molar-refractivity contribution is -0.0565. The zero-order chi connectivity index (χ0) is 27.4. The molecule has 0 unspecified atom stereocenters. The normalized spacial score (nSPS) is 36.7. The van der Waals surface area contributed by atoms with Crippen molar-refractivity contribution in [3.05, 3.63) is 35.9 Å². The minimum absolute atomic E-state index is 0.132. The maximum Gasteiger partial charge on any atom is 0.286 e. The van der Waals surface area contributed by atoms with Crippen LogP contribution in [-0.2, 0) is 4.74 Å². The van der Waals surface area contributed by atoms with Crippen LogP contribution in [0.25, 0.3) is 11.0 Å². The molecule has 1 aromatic heterocycles. The van der Waals surface area contributed by atoms with E-state index in [0.717, 1.165) is 59.4 Å². The molecule has 5 heteroatoms. The average Bonchev–Trinajstić information content (AvgIpc) is 3.50. The molecular weight excluding hydrogens is 498 g/mol. The first-order chi connectivity index (χ1) is 18.7. The molecule has 1 aromatic carbocycles. The second kappa shape index (κ2) is 10.6. The molecule has 4 nitrogen and oxygen atoms in total. The molecule has 0 bridgehead atoms. The highest BCUT2D eigenvalue weighted by atomic mass is 32.1. The highest BCUT2D eigenvalue weighted by molar-refractivity contribution is 7.80. The van der Waals surface area contributed by atoms with Gasteiger partial charge in [-0.25, -0.2) is 0 Å². The molecular formula is C34H49N3OS. The Bertz CT molecular complexity index is 1230. The van der Waals surface area contributed by atoms with Crippen molar-refractivity contribution in [2.45, 2.75) is 111 Å². The molecule has 1 heterocycles. The number of ether oxygens (including phenoxy) is 1. The standard InChI is InChI=1S/C34H49N3OS/c1-22(2)9-8-10-23(3)27-15-16-28-26-14-13-24-21-25(17-19-33(24,4)29(26)18-20-34(27,28)5)38-32(39)37-31-12-7-6-11-30(31)35-36-37/h6-7,11-13,22-23,25-29H,8-10,14-21H2,1-5H3/t23-,25+,26+,27-,28+,29+,33+,34-/m1/s1. The highest BCUT2D eigenvalue weighted by Crippen LogP contribution is 2.67. The van der Waals surface area contributed by atoms with Crippen LogP contribution in [0.15, 0.2) is 35.9 Å². The van der Waals surface area contributed by atoms with Crippen LogP contribution in [0.2, 0.25) is 0 Å². The molecule has 6 rings (SSSR count). The maximum atomic E-state index is 6.40. The van der Waals surface area contributed by atoms with E-state index >= 15 is 0 Å². The van der Waals surface area contributed by atoms with E-state index < -0.39 is 0 Å². The third kappa shape index (κ3) is 4.79. The fourth-order valence-electron chi connectivity index (χ4n) is 9.95. The lowest BCUT2D eigenvalue weighted by Crippen LogP contribution is -2.51. The SMILES string of the molecule is CC(C)CCC[C@@H](C)[C@H]1CC[C@H]2[C@@H]3CC=C4C[C@@H](OC(=S)n5nnc6ccccc65)CC[C@]4(C)[C@H]3CC[C@]12C. The van der Waals surface area contributed by atoms with Gasteiger partial charge in [-0.1, -0.05) is 82.9 Å². The Balaban J connectivity index is 1.13. The Morgan fingerprint density at radius 3 is 2.69 bits per heavy atom. The van der Waals surface area contributed by atoms with Crippen LogP contribution < -0.4 is 0 Å². The number of rotatable bonds is 6. The molecule has 39 heavy (non-hydrogen) atoms. The quantitative estimate of drug-likeness (QED) is 0.267. The molecule has 0 aliphatic heterocycles. The van der Waals surface area contributed by atoms with E-state index in [2.05, 4.69) is 51.0 Å². The smallest absolute Gasteiger partial charge is 0.286 e. The van der Waals surface area contributed by atoms with Crippen LogP contribution in [0.4, 0.5) is 0 Å². The van der Waals surface area contributed by atoms with E-state index in [-0.39, 0.29) is 6.10 Å². The van der Waals surface area contributed by atoms with E-state index in [9.17, 15) is 0 Å². The maximum absolute atomic E-state index is 6.40. The Labute approximate surface area is 241 Å². The van der Waals surface area contributed by atoms with Crippen molar-refractivity contribution >= 4 is 28.4 Å². The van der Waals surface area contributed by atoms with Gasteiger partial charge in [-0.05, 0) is 116 Å². The first kappa shape index (κ1) is 27.4. The summed E-state index contributed by atoms with van der Waals surface area (Å²) in [5.74, 6) is 5.24. The number of thiocarbonyl (C=S) groups is 1. The van der Waals surface area contributed by atoms with Crippen molar-refractivity contribution in [3.63, 3.8) is 0 Å². The minimum atomic E-state index is 0.132. The Hall–Kier alpha value is -1.75. The van der Waals surface area contributed by atoms with Gasteiger partial charge in [0.2, 0.25) is 0 Å². The summed E-state index contributed by atoms with van der Waals surface area (Å²) in [6, 6.07) is 7.94. The number of benzene rings is 1. The Morgan fingerprint density at radius 2 is 1.87 bits per heavy atom. The Morgan fingerprint density at radius 1 is 1.05 bits per heavy atom. The van der Waals surface area contributed by atoms with Gasteiger partial charge in [0.05, 0.1) is 5.52 Å². The topological polar surface area (TPSA) is 39.9 Å². The van der Waals surface area contributed by atoms with Gasteiger partial charge in [-0.15, -0.1) is 5.10 Å². The molecule has 2 aromatic rings. The molecule has 3 fully saturated rings. The number of para-hydroxylation sites is 1. The predicted molar refractivity (Wildman–Crippen MR) is 163 cm³/mol. The van der Waals surface area contributed by atoms with E-state index in [4.69, 9.17) is 17.0 Å². The lowest BCUT2D eigenvalue weighted by Gasteiger charge is -2.58. The fourth-order valence-corrected chi connectivity index (χ4v) is 10.2. The number of allylic oxidation sites excluding steroid dienone is 1. The van der Waals surface area contributed by atoms with E-state index in [0.29, 0.717) is 16.0 Å². The van der Waals surface area contributed by atoms with Gasteiger partial charge in [-0.3, -0.25) is 0 Å². The van der Waals surface area contributed by atoms with Gasteiger partial charge in [0.1, 0.15) is 11.6 Å².